The normalized spacial score (nSPS) is 12.4. The molecule has 98 valence electrons. The number of rotatable bonds is 4. The van der Waals surface area contributed by atoms with Crippen molar-refractivity contribution in [3.05, 3.63) is 11.5 Å². The lowest BCUT2D eigenvalue weighted by Gasteiger charge is -2.24. The van der Waals surface area contributed by atoms with Gasteiger partial charge in [0.05, 0.1) is 5.69 Å². The minimum absolute atomic E-state index is 0.372. The van der Waals surface area contributed by atoms with Crippen molar-refractivity contribution in [1.29, 1.82) is 0 Å². The summed E-state index contributed by atoms with van der Waals surface area (Å²) in [6, 6.07) is 0.372. The van der Waals surface area contributed by atoms with Crippen molar-refractivity contribution in [3.63, 3.8) is 0 Å². The average molecular weight is 237 g/mol. The summed E-state index contributed by atoms with van der Waals surface area (Å²) in [6.07, 6.45) is 0. The van der Waals surface area contributed by atoms with E-state index in [1.54, 1.807) is 0 Å². The van der Waals surface area contributed by atoms with E-state index in [9.17, 15) is 0 Å². The van der Waals surface area contributed by atoms with E-state index < -0.39 is 0 Å². The van der Waals surface area contributed by atoms with Gasteiger partial charge in [-0.3, -0.25) is 0 Å². The van der Waals surface area contributed by atoms with Crippen molar-refractivity contribution in [2.45, 2.75) is 60.4 Å². The number of hydrogen-bond donors (Lipinski definition) is 1. The zero-order chi connectivity index (χ0) is 13.3. The van der Waals surface area contributed by atoms with Gasteiger partial charge in [-0.2, -0.15) is 0 Å². The second-order valence-electron chi connectivity index (χ2n) is 5.91. The molecule has 1 rings (SSSR count). The molecule has 17 heavy (non-hydrogen) atoms. The molecular weight excluding hydrogens is 210 g/mol. The molecule has 0 saturated heterocycles. The molecule has 1 aromatic rings. The molecule has 0 aromatic carbocycles. The summed E-state index contributed by atoms with van der Waals surface area (Å²) in [6.45, 7) is 15.3. The van der Waals surface area contributed by atoms with Gasteiger partial charge in [0.25, 0.3) is 0 Å². The van der Waals surface area contributed by atoms with Gasteiger partial charge in [0.15, 0.2) is 0 Å². The van der Waals surface area contributed by atoms with Gasteiger partial charge in [-0.25, -0.2) is 4.98 Å². The second-order valence-corrected chi connectivity index (χ2v) is 5.91. The largest absolute Gasteiger partial charge is 0.384 e. The van der Waals surface area contributed by atoms with Crippen molar-refractivity contribution in [3.8, 4) is 0 Å². The quantitative estimate of drug-likeness (QED) is 0.866. The van der Waals surface area contributed by atoms with Crippen LogP contribution in [0.1, 0.15) is 65.0 Å². The highest BCUT2D eigenvalue weighted by atomic mass is 15.2. The van der Waals surface area contributed by atoms with Crippen LogP contribution in [-0.2, 0) is 0 Å². The van der Waals surface area contributed by atoms with E-state index in [-0.39, 0.29) is 0 Å². The number of aromatic nitrogens is 2. The maximum Gasteiger partial charge on any atom is 0.127 e. The second kappa shape index (κ2) is 5.11. The number of imidazole rings is 1. The van der Waals surface area contributed by atoms with E-state index >= 15 is 0 Å². The topological polar surface area (TPSA) is 43.8 Å². The van der Waals surface area contributed by atoms with Gasteiger partial charge < -0.3 is 10.3 Å². The number of nitrogens with zero attached hydrogens (tertiary/aromatic N) is 2. The lowest BCUT2D eigenvalue weighted by Crippen LogP contribution is -2.16. The minimum Gasteiger partial charge on any atom is -0.384 e. The highest BCUT2D eigenvalue weighted by Gasteiger charge is 2.26. The third-order valence-corrected chi connectivity index (χ3v) is 3.42. The summed E-state index contributed by atoms with van der Waals surface area (Å²) >= 11 is 0. The van der Waals surface area contributed by atoms with Gasteiger partial charge in [0.2, 0.25) is 0 Å². The smallest absolute Gasteiger partial charge is 0.127 e. The lowest BCUT2D eigenvalue weighted by molar-refractivity contribution is 0.381. The first-order valence-electron chi connectivity index (χ1n) is 6.61. The predicted octanol–water partition coefficient (Wildman–Crippen LogP) is 3.75. The summed E-state index contributed by atoms with van der Waals surface area (Å²) in [5.41, 5.74) is 7.37. The van der Waals surface area contributed by atoms with E-state index in [1.165, 1.54) is 0 Å². The molecule has 3 nitrogen and oxygen atoms in total. The van der Waals surface area contributed by atoms with Crippen molar-refractivity contribution in [2.24, 2.45) is 11.8 Å². The fourth-order valence-electron chi connectivity index (χ4n) is 2.88. The van der Waals surface area contributed by atoms with Crippen LogP contribution < -0.4 is 5.73 Å². The van der Waals surface area contributed by atoms with Crippen LogP contribution in [0.2, 0.25) is 0 Å². The number of hydrogen-bond acceptors (Lipinski definition) is 2. The third-order valence-electron chi connectivity index (χ3n) is 3.42. The molecule has 1 heterocycles. The number of nitrogen functional groups attached to an aromatic ring is 1. The Morgan fingerprint density at radius 2 is 1.47 bits per heavy atom. The summed E-state index contributed by atoms with van der Waals surface area (Å²) in [5.74, 6) is 3.44. The van der Waals surface area contributed by atoms with Crippen LogP contribution in [0.3, 0.4) is 0 Å². The molecule has 0 spiro atoms. The molecule has 0 amide bonds. The Balaban J connectivity index is 3.27. The van der Waals surface area contributed by atoms with Gasteiger partial charge >= 0.3 is 0 Å². The standard InChI is InChI=1S/C14H27N3/c1-8(2)12(9(3)4)13-14(15)17(10(5)6)11(7)16-13/h8-10,12H,15H2,1-7H3. The maximum absolute atomic E-state index is 6.28. The van der Waals surface area contributed by atoms with E-state index in [1.807, 2.05) is 6.92 Å². The Morgan fingerprint density at radius 1 is 1.00 bits per heavy atom. The highest BCUT2D eigenvalue weighted by molar-refractivity contribution is 5.41. The number of anilines is 1. The van der Waals surface area contributed by atoms with Crippen LogP contribution in [0.15, 0.2) is 0 Å². The maximum atomic E-state index is 6.28. The zero-order valence-corrected chi connectivity index (χ0v) is 12.3. The monoisotopic (exact) mass is 237 g/mol. The molecule has 3 heteroatoms. The molecule has 0 atom stereocenters. The van der Waals surface area contributed by atoms with E-state index in [0.717, 1.165) is 17.3 Å². The summed E-state index contributed by atoms with van der Waals surface area (Å²) in [4.78, 5) is 4.71. The Hall–Kier alpha value is -0.990. The first-order chi connectivity index (χ1) is 7.77. The summed E-state index contributed by atoms with van der Waals surface area (Å²) in [7, 11) is 0. The van der Waals surface area contributed by atoms with Crippen LogP contribution in [0.5, 0.6) is 0 Å². The molecule has 2 N–H and O–H groups in total. The molecule has 0 aliphatic rings. The first-order valence-corrected chi connectivity index (χ1v) is 6.61. The van der Waals surface area contributed by atoms with Crippen molar-refractivity contribution < 1.29 is 0 Å². The van der Waals surface area contributed by atoms with E-state index in [4.69, 9.17) is 10.7 Å². The third kappa shape index (κ3) is 2.64. The molecule has 0 aliphatic heterocycles. The number of aryl methyl sites for hydroxylation is 1. The van der Waals surface area contributed by atoms with Crippen LogP contribution >= 0.6 is 0 Å². The Morgan fingerprint density at radius 3 is 1.76 bits per heavy atom. The van der Waals surface area contributed by atoms with Crippen molar-refractivity contribution in [2.75, 3.05) is 5.73 Å². The zero-order valence-electron chi connectivity index (χ0n) is 12.3. The van der Waals surface area contributed by atoms with Crippen LogP contribution in [0, 0.1) is 18.8 Å². The Labute approximate surface area is 105 Å². The van der Waals surface area contributed by atoms with Gasteiger partial charge in [0.1, 0.15) is 11.6 Å². The molecule has 0 aliphatic carbocycles. The van der Waals surface area contributed by atoms with Gasteiger partial charge in [-0.05, 0) is 32.6 Å². The first kappa shape index (κ1) is 14.1. The predicted molar refractivity (Wildman–Crippen MR) is 74.2 cm³/mol. The van der Waals surface area contributed by atoms with E-state index in [0.29, 0.717) is 23.8 Å². The molecule has 1 aromatic heterocycles. The fourth-order valence-corrected chi connectivity index (χ4v) is 2.88. The van der Waals surface area contributed by atoms with Crippen molar-refractivity contribution in [1.82, 2.24) is 9.55 Å². The molecule has 0 saturated carbocycles. The highest BCUT2D eigenvalue weighted by Crippen LogP contribution is 2.35. The molecule has 0 fully saturated rings. The van der Waals surface area contributed by atoms with Crippen LogP contribution in [-0.4, -0.2) is 9.55 Å². The Kier molecular flexibility index (Phi) is 4.23. The molecule has 0 bridgehead atoms. The SMILES string of the molecule is Cc1nc(C(C(C)C)C(C)C)c(N)n1C(C)C. The molecular formula is C14H27N3. The lowest BCUT2D eigenvalue weighted by atomic mass is 9.83. The molecule has 0 radical (unpaired) electrons. The Bertz CT molecular complexity index is 367. The van der Waals surface area contributed by atoms with Gasteiger partial charge in [-0.15, -0.1) is 0 Å². The number of nitrogens with two attached hydrogens (primary N) is 1. The van der Waals surface area contributed by atoms with Gasteiger partial charge in [-0.1, -0.05) is 27.7 Å². The van der Waals surface area contributed by atoms with Crippen LogP contribution in [0.25, 0.3) is 0 Å². The minimum atomic E-state index is 0.372. The van der Waals surface area contributed by atoms with Gasteiger partial charge in [0, 0.05) is 12.0 Å². The summed E-state index contributed by atoms with van der Waals surface area (Å²) in [5, 5.41) is 0. The summed E-state index contributed by atoms with van der Waals surface area (Å²) < 4.78 is 2.13. The van der Waals surface area contributed by atoms with E-state index in [2.05, 4.69) is 46.1 Å². The van der Waals surface area contributed by atoms with Crippen molar-refractivity contribution >= 4 is 5.82 Å². The van der Waals surface area contributed by atoms with Crippen LogP contribution in [0.4, 0.5) is 5.82 Å². The fraction of sp³-hybridized carbons (Fsp3) is 0.786. The molecule has 0 unspecified atom stereocenters. The average Bonchev–Trinajstić information content (AvgIpc) is 2.40.